The molecule has 4 N–H and O–H groups in total. The van der Waals surface area contributed by atoms with Crippen molar-refractivity contribution in [1.82, 2.24) is 30.1 Å². The number of Topliss-reactive ketones (excluding diaryl/α,β-unsaturated/α-hetero) is 1. The lowest BCUT2D eigenvalue weighted by Crippen LogP contribution is -2.64. The molecule has 12 nitrogen and oxygen atoms in total. The van der Waals surface area contributed by atoms with Crippen molar-refractivity contribution in [3.05, 3.63) is 11.9 Å². The molecule has 0 aliphatic carbocycles. The molecule has 0 aromatic carbocycles. The predicted octanol–water partition coefficient (Wildman–Crippen LogP) is -0.112. The molecule has 208 valence electrons. The molecule has 4 aliphatic heterocycles. The third-order valence-electron chi connectivity index (χ3n) is 8.73. The number of nitrogens with zero attached hydrogens (tertiary/aromatic N) is 5. The van der Waals surface area contributed by atoms with Crippen LogP contribution in [0.5, 0.6) is 0 Å². The van der Waals surface area contributed by atoms with Crippen molar-refractivity contribution in [3.63, 3.8) is 0 Å². The van der Waals surface area contributed by atoms with E-state index in [1.54, 1.807) is 21.3 Å². The van der Waals surface area contributed by atoms with Crippen molar-refractivity contribution in [3.8, 4) is 0 Å². The molecule has 4 fully saturated rings. The van der Waals surface area contributed by atoms with Gasteiger partial charge < -0.3 is 30.8 Å². The van der Waals surface area contributed by atoms with E-state index in [1.807, 2.05) is 24.9 Å². The molecule has 5 rings (SSSR count). The zero-order valence-electron chi connectivity index (χ0n) is 22.0. The standard InChI is InChI=1S/C25H37N7O5S/c1-12(6-13(2)33)19-20-14(3)22(21(25(36)37)32(20)24(19)35)38-17-7-18(27-9-17)23(34)30-5-4-16(11-30)31-10-15(8-26)28-29-31/h10,12,14,16-22,27H,4-9,11,26H2,1-3H3,(H,36,37)/t12-,14+,16-,17-,18-,19+,20+,21?,22?/m0/s1. The first-order valence-corrected chi connectivity index (χ1v) is 14.4. The van der Waals surface area contributed by atoms with Gasteiger partial charge in [0.05, 0.1) is 29.9 Å². The monoisotopic (exact) mass is 547 g/mol. The Morgan fingerprint density at radius 1 is 1.34 bits per heavy atom. The molecular formula is C25H37N7O5S. The van der Waals surface area contributed by atoms with Gasteiger partial charge >= 0.3 is 5.97 Å². The zero-order chi connectivity index (χ0) is 27.3. The number of hydrogen-bond acceptors (Lipinski definition) is 9. The molecule has 1 aromatic rings. The van der Waals surface area contributed by atoms with E-state index >= 15 is 0 Å². The quantitative estimate of drug-likeness (QED) is 0.355. The van der Waals surface area contributed by atoms with Gasteiger partial charge in [-0.15, -0.1) is 5.10 Å². The Morgan fingerprint density at radius 3 is 2.76 bits per heavy atom. The van der Waals surface area contributed by atoms with Crippen molar-refractivity contribution in [1.29, 1.82) is 0 Å². The summed E-state index contributed by atoms with van der Waals surface area (Å²) >= 11 is 1.59. The van der Waals surface area contributed by atoms with E-state index in [0.29, 0.717) is 39.0 Å². The fourth-order valence-corrected chi connectivity index (χ4v) is 8.64. The van der Waals surface area contributed by atoms with Crippen LogP contribution in [0.15, 0.2) is 6.20 Å². The second kappa shape index (κ2) is 10.6. The number of carboxylic acid groups (broad SMARTS) is 1. The minimum Gasteiger partial charge on any atom is -0.480 e. The Bertz CT molecular complexity index is 1110. The van der Waals surface area contributed by atoms with Gasteiger partial charge in [0.15, 0.2) is 0 Å². The summed E-state index contributed by atoms with van der Waals surface area (Å²) in [5.74, 6) is -1.50. The summed E-state index contributed by atoms with van der Waals surface area (Å²) in [6, 6.07) is -1.29. The maximum absolute atomic E-state index is 13.3. The normalized spacial score (nSPS) is 35.3. The van der Waals surface area contributed by atoms with Gasteiger partial charge in [0.2, 0.25) is 11.8 Å². The van der Waals surface area contributed by atoms with Crippen molar-refractivity contribution in [2.24, 2.45) is 23.5 Å². The van der Waals surface area contributed by atoms with Crippen LogP contribution in [-0.2, 0) is 25.7 Å². The van der Waals surface area contributed by atoms with E-state index in [-0.39, 0.29) is 64.0 Å². The maximum Gasteiger partial charge on any atom is 0.327 e. The summed E-state index contributed by atoms with van der Waals surface area (Å²) in [4.78, 5) is 53.6. The maximum atomic E-state index is 13.3. The summed E-state index contributed by atoms with van der Waals surface area (Å²) in [6.07, 6.45) is 3.57. The Labute approximate surface area is 226 Å². The van der Waals surface area contributed by atoms with Crippen LogP contribution in [0.1, 0.15) is 51.8 Å². The van der Waals surface area contributed by atoms with Crippen LogP contribution in [0.4, 0.5) is 0 Å². The number of rotatable bonds is 9. The molecule has 38 heavy (non-hydrogen) atoms. The van der Waals surface area contributed by atoms with E-state index in [4.69, 9.17) is 5.73 Å². The number of carbonyl (C=O) groups is 4. The Balaban J connectivity index is 1.20. The van der Waals surface area contributed by atoms with E-state index in [1.165, 1.54) is 6.92 Å². The number of aromatic nitrogens is 3. The van der Waals surface area contributed by atoms with E-state index < -0.39 is 12.0 Å². The molecule has 2 unspecified atom stereocenters. The molecule has 2 amide bonds. The number of nitrogens with two attached hydrogens (primary N) is 1. The zero-order valence-corrected chi connectivity index (χ0v) is 22.8. The SMILES string of the molecule is CC(=O)C[C@H](C)[C@H]1C(=O)N2C(C(=O)O)C(S[C@@H]3CN[C@H](C(=O)N4CC[C@H](n5cc(CN)nn5)C4)C3)[C@H](C)[C@H]12. The highest BCUT2D eigenvalue weighted by Crippen LogP contribution is 2.51. The van der Waals surface area contributed by atoms with E-state index in [9.17, 15) is 24.3 Å². The van der Waals surface area contributed by atoms with Crippen LogP contribution in [0, 0.1) is 17.8 Å². The molecule has 13 heteroatoms. The molecule has 4 saturated heterocycles. The number of aliphatic carboxylic acids is 1. The van der Waals surface area contributed by atoms with E-state index in [2.05, 4.69) is 15.6 Å². The lowest BCUT2D eigenvalue weighted by atomic mass is 9.73. The molecule has 0 radical (unpaired) electrons. The first-order valence-electron chi connectivity index (χ1n) is 13.4. The minimum absolute atomic E-state index is 0.0200. The van der Waals surface area contributed by atoms with Crippen molar-refractivity contribution in [2.75, 3.05) is 19.6 Å². The molecular weight excluding hydrogens is 510 g/mol. The van der Waals surface area contributed by atoms with Crippen molar-refractivity contribution >= 4 is 35.3 Å². The number of nitrogens with one attached hydrogen (secondary N) is 1. The number of ketones is 1. The third-order valence-corrected chi connectivity index (χ3v) is 10.5. The Morgan fingerprint density at radius 2 is 2.11 bits per heavy atom. The number of likely N-dealkylation sites (tertiary alicyclic amines) is 1. The summed E-state index contributed by atoms with van der Waals surface area (Å²) in [6.45, 7) is 7.61. The number of amides is 2. The second-order valence-corrected chi connectivity index (χ2v) is 12.8. The van der Waals surface area contributed by atoms with Crippen LogP contribution in [0.3, 0.4) is 0 Å². The number of hydrogen-bond donors (Lipinski definition) is 3. The largest absolute Gasteiger partial charge is 0.480 e. The Kier molecular flexibility index (Phi) is 7.53. The van der Waals surface area contributed by atoms with Crippen molar-refractivity contribution < 1.29 is 24.3 Å². The third kappa shape index (κ3) is 4.73. The summed E-state index contributed by atoms with van der Waals surface area (Å²) < 4.78 is 1.79. The number of β-lactam (4-membered cyclic amide) rings is 1. The second-order valence-electron chi connectivity index (χ2n) is 11.3. The van der Waals surface area contributed by atoms with Crippen LogP contribution in [0.2, 0.25) is 0 Å². The van der Waals surface area contributed by atoms with Gasteiger partial charge in [-0.05, 0) is 31.6 Å². The summed E-state index contributed by atoms with van der Waals surface area (Å²) in [7, 11) is 0. The first-order chi connectivity index (χ1) is 18.1. The van der Waals surface area contributed by atoms with Gasteiger partial charge in [0, 0.05) is 49.1 Å². The molecule has 0 spiro atoms. The number of carbonyl (C=O) groups excluding carboxylic acids is 3. The van der Waals surface area contributed by atoms with Gasteiger partial charge in [0.25, 0.3) is 0 Å². The average Bonchev–Trinajstić information content (AvgIpc) is 3.65. The molecule has 9 atom stereocenters. The van der Waals surface area contributed by atoms with Gasteiger partial charge in [-0.1, -0.05) is 19.1 Å². The van der Waals surface area contributed by atoms with Gasteiger partial charge in [0.1, 0.15) is 11.8 Å². The number of thioether (sulfide) groups is 1. The summed E-state index contributed by atoms with van der Waals surface area (Å²) in [5.41, 5.74) is 6.35. The van der Waals surface area contributed by atoms with Gasteiger partial charge in [-0.3, -0.25) is 9.59 Å². The minimum atomic E-state index is -0.990. The Hall–Kier alpha value is -2.51. The average molecular weight is 548 g/mol. The fourth-order valence-electron chi connectivity index (χ4n) is 6.90. The predicted molar refractivity (Wildman–Crippen MR) is 139 cm³/mol. The smallest absolute Gasteiger partial charge is 0.327 e. The fraction of sp³-hybridized carbons (Fsp3) is 0.760. The first kappa shape index (κ1) is 27.1. The van der Waals surface area contributed by atoms with E-state index in [0.717, 1.165) is 12.1 Å². The lowest BCUT2D eigenvalue weighted by molar-refractivity contribution is -0.168. The van der Waals surface area contributed by atoms with Crippen LogP contribution in [0.25, 0.3) is 0 Å². The highest BCUT2D eigenvalue weighted by molar-refractivity contribution is 8.00. The highest BCUT2D eigenvalue weighted by atomic mass is 32.2. The van der Waals surface area contributed by atoms with Crippen LogP contribution in [-0.4, -0.2) is 102 Å². The van der Waals surface area contributed by atoms with Crippen molar-refractivity contribution in [2.45, 2.75) is 81.2 Å². The molecule has 0 bridgehead atoms. The molecule has 1 aromatic heterocycles. The molecule has 0 saturated carbocycles. The van der Waals surface area contributed by atoms with Gasteiger partial charge in [-0.25, -0.2) is 9.48 Å². The molecule has 5 heterocycles. The molecule has 4 aliphatic rings. The highest BCUT2D eigenvalue weighted by Gasteiger charge is 2.64. The number of fused-ring (bicyclic) bond motifs is 1. The van der Waals surface area contributed by atoms with Gasteiger partial charge in [-0.2, -0.15) is 11.8 Å². The van der Waals surface area contributed by atoms with Crippen LogP contribution >= 0.6 is 11.8 Å². The van der Waals surface area contributed by atoms with Crippen LogP contribution < -0.4 is 11.1 Å². The summed E-state index contributed by atoms with van der Waals surface area (Å²) in [5, 5.41) is 21.4. The topological polar surface area (TPSA) is 164 Å². The number of carboxylic acids is 1. The lowest BCUT2D eigenvalue weighted by Gasteiger charge is -2.48.